The molecule has 5 nitrogen and oxygen atoms in total. The van der Waals surface area contributed by atoms with Gasteiger partial charge in [-0.15, -0.1) is 0 Å². The number of H-pyrrole nitrogens is 1. The predicted molar refractivity (Wildman–Crippen MR) is 81.9 cm³/mol. The third kappa shape index (κ3) is 2.31. The van der Waals surface area contributed by atoms with Gasteiger partial charge in [-0.25, -0.2) is 4.98 Å². The van der Waals surface area contributed by atoms with E-state index in [0.29, 0.717) is 0 Å². The predicted octanol–water partition coefficient (Wildman–Crippen LogP) is 2.83. The normalized spacial score (nSPS) is 13.3. The fraction of sp³-hybridized carbons (Fsp3) is 0.250. The summed E-state index contributed by atoms with van der Waals surface area (Å²) in [5.41, 5.74) is 4.66. The van der Waals surface area contributed by atoms with Crippen LogP contribution in [0.5, 0.6) is 0 Å². The molecule has 1 aliphatic heterocycles. The van der Waals surface area contributed by atoms with Crippen molar-refractivity contribution >= 4 is 5.69 Å². The van der Waals surface area contributed by atoms with Gasteiger partial charge in [-0.1, -0.05) is 12.1 Å². The zero-order valence-electron chi connectivity index (χ0n) is 11.7. The number of rotatable bonds is 4. The molecule has 0 unspecified atom stereocenters. The van der Waals surface area contributed by atoms with Crippen molar-refractivity contribution in [1.82, 2.24) is 19.7 Å². The van der Waals surface area contributed by atoms with Crippen LogP contribution in [0.3, 0.4) is 0 Å². The van der Waals surface area contributed by atoms with E-state index in [1.54, 1.807) is 0 Å². The second kappa shape index (κ2) is 5.09. The molecule has 0 saturated carbocycles. The Balaban J connectivity index is 1.45. The van der Waals surface area contributed by atoms with Gasteiger partial charge in [0.1, 0.15) is 5.82 Å². The average molecular weight is 279 g/mol. The second-order valence-corrected chi connectivity index (χ2v) is 5.34. The molecule has 0 bridgehead atoms. The number of hydrogen-bond acceptors (Lipinski definition) is 3. The number of benzene rings is 1. The first-order valence-electron chi connectivity index (χ1n) is 7.26. The summed E-state index contributed by atoms with van der Waals surface area (Å²) < 4.78 is 2.33. The number of nitrogens with one attached hydrogen (secondary N) is 2. The number of aromatic nitrogens is 4. The number of aromatic amines is 1. The van der Waals surface area contributed by atoms with Gasteiger partial charge in [0.2, 0.25) is 0 Å². The average Bonchev–Trinajstić information content (AvgIpc) is 3.24. The van der Waals surface area contributed by atoms with E-state index in [2.05, 4.69) is 49.3 Å². The van der Waals surface area contributed by atoms with Gasteiger partial charge in [0.15, 0.2) is 0 Å². The Kier molecular flexibility index (Phi) is 2.96. The van der Waals surface area contributed by atoms with Crippen molar-refractivity contribution in [2.75, 3.05) is 5.32 Å². The van der Waals surface area contributed by atoms with Gasteiger partial charge in [0.25, 0.3) is 0 Å². The summed E-state index contributed by atoms with van der Waals surface area (Å²) in [6, 6.07) is 8.41. The van der Waals surface area contributed by atoms with Crippen LogP contribution in [-0.4, -0.2) is 19.7 Å². The summed E-state index contributed by atoms with van der Waals surface area (Å²) >= 11 is 0. The highest BCUT2D eigenvalue weighted by Crippen LogP contribution is 2.21. The van der Waals surface area contributed by atoms with Crippen molar-refractivity contribution < 1.29 is 0 Å². The Bertz CT molecular complexity index is 725. The summed E-state index contributed by atoms with van der Waals surface area (Å²) in [4.78, 5) is 4.47. The van der Waals surface area contributed by atoms with Crippen LogP contribution in [0.25, 0.3) is 11.1 Å². The standard InChI is InChI=1S/C16H17N5/c1-2-16-18-11-15(21(16)7-1)10-17-14-5-3-12(4-6-14)13-8-19-20-9-13/h3-6,8-9,11,17H,1-2,7,10H2,(H,19,20). The smallest absolute Gasteiger partial charge is 0.108 e. The van der Waals surface area contributed by atoms with Gasteiger partial charge in [-0.2, -0.15) is 5.10 Å². The third-order valence-corrected chi connectivity index (χ3v) is 3.99. The molecule has 3 aromatic rings. The number of hydrogen-bond donors (Lipinski definition) is 2. The quantitative estimate of drug-likeness (QED) is 0.772. The van der Waals surface area contributed by atoms with Crippen LogP contribution in [0.1, 0.15) is 17.9 Å². The van der Waals surface area contributed by atoms with E-state index in [4.69, 9.17) is 0 Å². The van der Waals surface area contributed by atoms with Crippen molar-refractivity contribution in [1.29, 1.82) is 0 Å². The molecule has 2 aromatic heterocycles. The summed E-state index contributed by atoms with van der Waals surface area (Å²) in [6.07, 6.45) is 8.05. The minimum Gasteiger partial charge on any atom is -0.379 e. The molecule has 2 N–H and O–H groups in total. The first kappa shape index (κ1) is 12.2. The van der Waals surface area contributed by atoms with Crippen molar-refractivity contribution in [3.05, 3.63) is 54.4 Å². The van der Waals surface area contributed by atoms with Crippen LogP contribution in [-0.2, 0) is 19.5 Å². The van der Waals surface area contributed by atoms with E-state index in [0.717, 1.165) is 30.8 Å². The van der Waals surface area contributed by atoms with Crippen molar-refractivity contribution in [2.24, 2.45) is 0 Å². The van der Waals surface area contributed by atoms with Crippen molar-refractivity contribution in [3.63, 3.8) is 0 Å². The maximum Gasteiger partial charge on any atom is 0.108 e. The van der Waals surface area contributed by atoms with Crippen LogP contribution < -0.4 is 5.32 Å². The molecule has 0 radical (unpaired) electrons. The number of fused-ring (bicyclic) bond motifs is 1. The van der Waals surface area contributed by atoms with E-state index in [-0.39, 0.29) is 0 Å². The molecule has 4 rings (SSSR count). The summed E-state index contributed by atoms with van der Waals surface area (Å²) in [6.45, 7) is 1.92. The molecule has 0 aliphatic carbocycles. The largest absolute Gasteiger partial charge is 0.379 e. The first-order valence-corrected chi connectivity index (χ1v) is 7.26. The van der Waals surface area contributed by atoms with E-state index in [1.807, 2.05) is 18.6 Å². The van der Waals surface area contributed by atoms with Gasteiger partial charge in [0, 0.05) is 30.4 Å². The molecule has 0 spiro atoms. The Morgan fingerprint density at radius 3 is 2.86 bits per heavy atom. The van der Waals surface area contributed by atoms with E-state index >= 15 is 0 Å². The molecular weight excluding hydrogens is 262 g/mol. The monoisotopic (exact) mass is 279 g/mol. The molecule has 1 aromatic carbocycles. The summed E-state index contributed by atoms with van der Waals surface area (Å²) in [7, 11) is 0. The zero-order chi connectivity index (χ0) is 14.1. The minimum absolute atomic E-state index is 0.818. The Labute approximate surface area is 123 Å². The van der Waals surface area contributed by atoms with Crippen LogP contribution >= 0.6 is 0 Å². The summed E-state index contributed by atoms with van der Waals surface area (Å²) in [5.74, 6) is 1.22. The molecule has 0 fully saturated rings. The highest BCUT2D eigenvalue weighted by Gasteiger charge is 2.14. The lowest BCUT2D eigenvalue weighted by atomic mass is 10.1. The van der Waals surface area contributed by atoms with Gasteiger partial charge in [-0.05, 0) is 24.1 Å². The highest BCUT2D eigenvalue weighted by molar-refractivity contribution is 5.64. The molecule has 0 atom stereocenters. The van der Waals surface area contributed by atoms with Crippen molar-refractivity contribution in [3.8, 4) is 11.1 Å². The lowest BCUT2D eigenvalue weighted by molar-refractivity contribution is 0.713. The Hall–Kier alpha value is -2.56. The first-order chi connectivity index (χ1) is 10.4. The number of anilines is 1. The Morgan fingerprint density at radius 2 is 2.05 bits per heavy atom. The molecule has 0 amide bonds. The summed E-state index contributed by atoms with van der Waals surface area (Å²) in [5, 5.41) is 10.3. The van der Waals surface area contributed by atoms with Gasteiger partial charge >= 0.3 is 0 Å². The van der Waals surface area contributed by atoms with Crippen molar-refractivity contribution in [2.45, 2.75) is 25.9 Å². The van der Waals surface area contributed by atoms with E-state index in [1.165, 1.54) is 23.5 Å². The van der Waals surface area contributed by atoms with Gasteiger partial charge in [-0.3, -0.25) is 5.10 Å². The van der Waals surface area contributed by atoms with Gasteiger partial charge in [0.05, 0.1) is 24.6 Å². The van der Waals surface area contributed by atoms with E-state index < -0.39 is 0 Å². The number of imidazole rings is 1. The molecule has 5 heteroatoms. The fourth-order valence-electron chi connectivity index (χ4n) is 2.84. The lowest BCUT2D eigenvalue weighted by Gasteiger charge is -2.08. The van der Waals surface area contributed by atoms with Crippen LogP contribution in [0.15, 0.2) is 42.9 Å². The highest BCUT2D eigenvalue weighted by atomic mass is 15.1. The Morgan fingerprint density at radius 1 is 1.14 bits per heavy atom. The van der Waals surface area contributed by atoms with Crippen LogP contribution in [0.4, 0.5) is 5.69 Å². The minimum atomic E-state index is 0.818. The van der Waals surface area contributed by atoms with Crippen LogP contribution in [0, 0.1) is 0 Å². The maximum atomic E-state index is 4.47. The molecule has 21 heavy (non-hydrogen) atoms. The second-order valence-electron chi connectivity index (χ2n) is 5.34. The zero-order valence-corrected chi connectivity index (χ0v) is 11.7. The lowest BCUT2D eigenvalue weighted by Crippen LogP contribution is -2.06. The molecule has 1 aliphatic rings. The SMILES string of the molecule is c1cc(-c2cn[nH]c2)ccc1NCc1cnc2n1CCC2. The number of aryl methyl sites for hydroxylation is 1. The van der Waals surface area contributed by atoms with E-state index in [9.17, 15) is 0 Å². The topological polar surface area (TPSA) is 58.5 Å². The number of nitrogens with zero attached hydrogens (tertiary/aromatic N) is 3. The third-order valence-electron chi connectivity index (χ3n) is 3.99. The molecule has 106 valence electrons. The molecule has 0 saturated heterocycles. The fourth-order valence-corrected chi connectivity index (χ4v) is 2.84. The van der Waals surface area contributed by atoms with Gasteiger partial charge < -0.3 is 9.88 Å². The molecule has 3 heterocycles. The van der Waals surface area contributed by atoms with Crippen LogP contribution in [0.2, 0.25) is 0 Å². The molecular formula is C16H17N5. The maximum absolute atomic E-state index is 4.47.